The van der Waals surface area contributed by atoms with Gasteiger partial charge in [-0.3, -0.25) is 4.79 Å². The zero-order valence-electron chi connectivity index (χ0n) is 10.7. The first-order valence-corrected chi connectivity index (χ1v) is 6.27. The van der Waals surface area contributed by atoms with Gasteiger partial charge in [0, 0.05) is 5.88 Å². The van der Waals surface area contributed by atoms with Gasteiger partial charge in [-0.1, -0.05) is 0 Å². The van der Waals surface area contributed by atoms with Crippen molar-refractivity contribution in [3.05, 3.63) is 28.8 Å². The molecule has 7 heteroatoms. The summed E-state index contributed by atoms with van der Waals surface area (Å²) in [5.41, 5.74) is 0.809. The quantitative estimate of drug-likeness (QED) is 0.599. The standard InChI is InChI=1S/C13H12ClF2NO3/c1-2-19-12(18)5-11-8(6-14)3-10(20-13(15)16)4-9(11)7-17/h3-4,13H,2,5-6H2,1H3. The molecule has 0 atom stereocenters. The van der Waals surface area contributed by atoms with E-state index in [9.17, 15) is 13.6 Å². The molecule has 0 aromatic heterocycles. The molecule has 4 nitrogen and oxygen atoms in total. The van der Waals surface area contributed by atoms with Crippen molar-refractivity contribution >= 4 is 17.6 Å². The van der Waals surface area contributed by atoms with Crippen molar-refractivity contribution in [2.24, 2.45) is 0 Å². The minimum atomic E-state index is -3.00. The van der Waals surface area contributed by atoms with Crippen LogP contribution in [-0.2, 0) is 21.8 Å². The van der Waals surface area contributed by atoms with Gasteiger partial charge in [0.1, 0.15) is 5.75 Å². The molecule has 1 rings (SSSR count). The molecular formula is C13H12ClF2NO3. The average molecular weight is 304 g/mol. The third-order valence-electron chi connectivity index (χ3n) is 2.43. The van der Waals surface area contributed by atoms with Crippen LogP contribution in [0.1, 0.15) is 23.6 Å². The highest BCUT2D eigenvalue weighted by Gasteiger charge is 2.16. The van der Waals surface area contributed by atoms with Crippen molar-refractivity contribution in [3.63, 3.8) is 0 Å². The zero-order valence-corrected chi connectivity index (χ0v) is 11.4. The highest BCUT2D eigenvalue weighted by Crippen LogP contribution is 2.26. The summed E-state index contributed by atoms with van der Waals surface area (Å²) in [6.07, 6.45) is -0.145. The van der Waals surface area contributed by atoms with Crippen LogP contribution >= 0.6 is 11.6 Å². The fourth-order valence-corrected chi connectivity index (χ4v) is 1.90. The summed E-state index contributed by atoms with van der Waals surface area (Å²) in [6.45, 7) is -1.13. The second-order valence-electron chi connectivity index (χ2n) is 3.71. The maximum atomic E-state index is 12.2. The second kappa shape index (κ2) is 7.65. The second-order valence-corrected chi connectivity index (χ2v) is 3.98. The Morgan fingerprint density at radius 1 is 1.50 bits per heavy atom. The number of carbonyl (C=O) groups excluding carboxylic acids is 1. The van der Waals surface area contributed by atoms with Crippen LogP contribution in [0.15, 0.2) is 12.1 Å². The van der Waals surface area contributed by atoms with E-state index in [-0.39, 0.29) is 30.2 Å². The van der Waals surface area contributed by atoms with Crippen molar-refractivity contribution in [2.45, 2.75) is 25.8 Å². The van der Waals surface area contributed by atoms with E-state index in [1.807, 2.05) is 6.07 Å². The fourth-order valence-electron chi connectivity index (χ4n) is 1.66. The Kier molecular flexibility index (Phi) is 6.19. The summed E-state index contributed by atoms with van der Waals surface area (Å²) in [5, 5.41) is 9.05. The number of alkyl halides is 3. The summed E-state index contributed by atoms with van der Waals surface area (Å²) in [7, 11) is 0. The highest BCUT2D eigenvalue weighted by molar-refractivity contribution is 6.17. The van der Waals surface area contributed by atoms with E-state index < -0.39 is 12.6 Å². The van der Waals surface area contributed by atoms with E-state index in [4.69, 9.17) is 21.6 Å². The van der Waals surface area contributed by atoms with Crippen molar-refractivity contribution in [1.29, 1.82) is 5.26 Å². The van der Waals surface area contributed by atoms with Crippen LogP contribution in [0.4, 0.5) is 8.78 Å². The van der Waals surface area contributed by atoms with E-state index in [2.05, 4.69) is 4.74 Å². The largest absolute Gasteiger partial charge is 0.466 e. The van der Waals surface area contributed by atoms with E-state index in [0.717, 1.165) is 6.07 Å². The molecule has 1 aromatic carbocycles. The van der Waals surface area contributed by atoms with Gasteiger partial charge in [0.15, 0.2) is 0 Å². The van der Waals surface area contributed by atoms with E-state index in [1.165, 1.54) is 6.07 Å². The molecule has 0 radical (unpaired) electrons. The van der Waals surface area contributed by atoms with Gasteiger partial charge in [-0.2, -0.15) is 14.0 Å². The van der Waals surface area contributed by atoms with Crippen LogP contribution in [0.2, 0.25) is 0 Å². The van der Waals surface area contributed by atoms with Gasteiger partial charge in [-0.25, -0.2) is 0 Å². The van der Waals surface area contributed by atoms with E-state index in [0.29, 0.717) is 11.1 Å². The van der Waals surface area contributed by atoms with Gasteiger partial charge in [0.05, 0.1) is 24.7 Å². The van der Waals surface area contributed by atoms with Crippen LogP contribution in [0, 0.1) is 11.3 Å². The third kappa shape index (κ3) is 4.35. The highest BCUT2D eigenvalue weighted by atomic mass is 35.5. The summed E-state index contributed by atoms with van der Waals surface area (Å²) in [5.74, 6) is -0.721. The van der Waals surface area contributed by atoms with Crippen LogP contribution in [-0.4, -0.2) is 19.2 Å². The summed E-state index contributed by atoms with van der Waals surface area (Å²) in [6, 6.07) is 4.28. The molecule has 0 heterocycles. The Morgan fingerprint density at radius 2 is 2.20 bits per heavy atom. The molecule has 0 aliphatic carbocycles. The summed E-state index contributed by atoms with van der Waals surface area (Å²) in [4.78, 5) is 11.5. The van der Waals surface area contributed by atoms with E-state index >= 15 is 0 Å². The number of hydrogen-bond acceptors (Lipinski definition) is 4. The Balaban J connectivity index is 3.15. The molecule has 20 heavy (non-hydrogen) atoms. The Hall–Kier alpha value is -1.87. The lowest BCUT2D eigenvalue weighted by atomic mass is 9.99. The minimum absolute atomic E-state index is 0.0378. The number of carbonyl (C=O) groups is 1. The van der Waals surface area contributed by atoms with Gasteiger partial charge >= 0.3 is 12.6 Å². The molecule has 0 saturated carbocycles. The molecule has 0 amide bonds. The molecule has 108 valence electrons. The molecule has 0 spiro atoms. The SMILES string of the molecule is CCOC(=O)Cc1c(C#N)cc(OC(F)F)cc1CCl. The molecular weight excluding hydrogens is 292 g/mol. The fraction of sp³-hybridized carbons (Fsp3) is 0.385. The molecule has 0 fully saturated rings. The number of esters is 1. The van der Waals surface area contributed by atoms with Gasteiger partial charge < -0.3 is 9.47 Å². The smallest absolute Gasteiger partial charge is 0.387 e. The summed E-state index contributed by atoms with van der Waals surface area (Å²) < 4.78 is 33.4. The van der Waals surface area contributed by atoms with Crippen LogP contribution in [0.25, 0.3) is 0 Å². The maximum absolute atomic E-state index is 12.2. The molecule has 1 aromatic rings. The van der Waals surface area contributed by atoms with Crippen molar-refractivity contribution in [3.8, 4) is 11.8 Å². The van der Waals surface area contributed by atoms with Gasteiger partial charge in [-0.15, -0.1) is 11.6 Å². The lowest BCUT2D eigenvalue weighted by molar-refractivity contribution is -0.142. The van der Waals surface area contributed by atoms with Crippen molar-refractivity contribution < 1.29 is 23.0 Å². The van der Waals surface area contributed by atoms with E-state index in [1.54, 1.807) is 6.92 Å². The Labute approximate surface area is 119 Å². The molecule has 0 aliphatic rings. The Bertz CT molecular complexity index is 529. The zero-order chi connectivity index (χ0) is 15.1. The summed E-state index contributed by atoms with van der Waals surface area (Å²) >= 11 is 5.73. The predicted octanol–water partition coefficient (Wildman–Crippen LogP) is 3.00. The topological polar surface area (TPSA) is 59.3 Å². The van der Waals surface area contributed by atoms with Gasteiger partial charge in [0.2, 0.25) is 0 Å². The first kappa shape index (κ1) is 16.2. The first-order chi connectivity index (χ1) is 9.51. The average Bonchev–Trinajstić information content (AvgIpc) is 2.39. The number of nitrogens with zero attached hydrogens (tertiary/aromatic N) is 1. The number of benzene rings is 1. The lowest BCUT2D eigenvalue weighted by Gasteiger charge is -2.12. The predicted molar refractivity (Wildman–Crippen MR) is 67.7 cm³/mol. The molecule has 0 saturated heterocycles. The first-order valence-electron chi connectivity index (χ1n) is 5.74. The molecule has 0 aliphatic heterocycles. The van der Waals surface area contributed by atoms with Gasteiger partial charge in [-0.05, 0) is 30.2 Å². The number of rotatable bonds is 6. The van der Waals surface area contributed by atoms with Crippen molar-refractivity contribution in [1.82, 2.24) is 0 Å². The number of hydrogen-bond donors (Lipinski definition) is 0. The van der Waals surface area contributed by atoms with Gasteiger partial charge in [0.25, 0.3) is 0 Å². The van der Waals surface area contributed by atoms with Crippen LogP contribution in [0.5, 0.6) is 5.75 Å². The minimum Gasteiger partial charge on any atom is -0.466 e. The monoisotopic (exact) mass is 303 g/mol. The molecule has 0 N–H and O–H groups in total. The van der Waals surface area contributed by atoms with Crippen LogP contribution < -0.4 is 4.74 Å². The van der Waals surface area contributed by atoms with Crippen molar-refractivity contribution in [2.75, 3.05) is 6.61 Å². The number of ether oxygens (including phenoxy) is 2. The lowest BCUT2D eigenvalue weighted by Crippen LogP contribution is -2.11. The number of halogens is 3. The third-order valence-corrected chi connectivity index (χ3v) is 2.72. The van der Waals surface area contributed by atoms with Crippen LogP contribution in [0.3, 0.4) is 0 Å². The molecule has 0 unspecified atom stereocenters. The molecule has 0 bridgehead atoms. The maximum Gasteiger partial charge on any atom is 0.387 e. The number of nitriles is 1. The normalized spacial score (nSPS) is 10.2. The Morgan fingerprint density at radius 3 is 2.70 bits per heavy atom.